The molecule has 0 unspecified atom stereocenters. The zero-order valence-corrected chi connectivity index (χ0v) is 41.9. The summed E-state index contributed by atoms with van der Waals surface area (Å²) in [5.74, 6) is 0.0939. The van der Waals surface area contributed by atoms with E-state index in [-0.39, 0.29) is 84.3 Å². The van der Waals surface area contributed by atoms with Crippen LogP contribution >= 0.6 is 31.9 Å². The number of halogens is 2. The van der Waals surface area contributed by atoms with Crippen LogP contribution < -0.4 is 43.3 Å². The fourth-order valence-corrected chi connectivity index (χ4v) is 5.36. The second-order valence-corrected chi connectivity index (χ2v) is 14.5. The van der Waals surface area contributed by atoms with E-state index < -0.39 is 61.1 Å². The highest BCUT2D eigenvalue weighted by Gasteiger charge is 2.13. The Bertz CT molecular complexity index is 3200. The molecule has 1 aliphatic rings. The van der Waals surface area contributed by atoms with Crippen LogP contribution in [0.3, 0.4) is 0 Å². The number of rotatable bonds is 20. The van der Waals surface area contributed by atoms with Crippen molar-refractivity contribution in [3.05, 3.63) is 142 Å². The van der Waals surface area contributed by atoms with E-state index in [1.807, 2.05) is 24.3 Å². The number of pyridine rings is 4. The summed E-state index contributed by atoms with van der Waals surface area (Å²) in [5, 5.41) is 22.2. The van der Waals surface area contributed by atoms with Crippen LogP contribution in [0.4, 0.5) is 0 Å². The number of aromatic hydroxyl groups is 1. The van der Waals surface area contributed by atoms with Gasteiger partial charge in [0.25, 0.3) is 0 Å². The fourth-order valence-electron chi connectivity index (χ4n) is 5.20. The quantitative estimate of drug-likeness (QED) is 0.0446. The molecule has 0 radical (unpaired) electrons. The number of methoxy groups -OCH3 is 2. The number of aromatic amines is 1. The first-order chi connectivity index (χ1) is 39.1. The Morgan fingerprint density at radius 3 is 1.72 bits per heavy atom. The molecule has 4 N–H and O–H groups in total. The maximum atomic E-state index is 11.9. The number of H-pyrrole nitrogens is 1. The molecule has 5 heterocycles. The zero-order chi connectivity index (χ0) is 62.8. The van der Waals surface area contributed by atoms with Crippen LogP contribution in [0, 0.1) is 0 Å². The standard InChI is InChI=1S/C18H20BrNO5.C16H17NO5.C8H10BrNO3.C8H9NO3/c1-13(21)24-12-15-9-17(23-8-7-19)18(10-20-15)25-11-14-3-5-16(22-2)6-4-14;1-11(18)21-10-13-7-15(19)16(8-17-13)22-9-12-3-5-14(20-2)6-4-12;9-1-2-13-8-3-6(5-11)10-4-7(8)12;10-5-6-3-7-8(4-9-6)12-2-1-11-7/h3-6,9-10H,7-8,11-12H2,1-2H3;3-8H,9-10H2,1-2H3,(H,17,19);3-4,11-12H,1-2,5H2;3-4,10H,1-2,5H2/i7D2,8D2;;2*1D2,2D2. The summed E-state index contributed by atoms with van der Waals surface area (Å²) in [7, 11) is 3.16. The fraction of sp³-hybridized carbons (Fsp3) is 0.320. The lowest BCUT2D eigenvalue weighted by Gasteiger charge is -2.17. The van der Waals surface area contributed by atoms with Crippen LogP contribution in [0.15, 0.2) is 102 Å². The van der Waals surface area contributed by atoms with Gasteiger partial charge in [-0.15, -0.1) is 0 Å². The van der Waals surface area contributed by atoms with Gasteiger partial charge in [-0.1, -0.05) is 56.1 Å². The molecule has 0 spiro atoms. The molecule has 2 aromatic carbocycles. The third-order valence-electron chi connectivity index (χ3n) is 8.66. The van der Waals surface area contributed by atoms with Gasteiger partial charge >= 0.3 is 11.9 Å². The summed E-state index contributed by atoms with van der Waals surface area (Å²) in [6, 6.07) is 19.7. The molecule has 0 amide bonds. The number of hydrogen-bond donors (Lipinski definition) is 4. The van der Waals surface area contributed by atoms with Gasteiger partial charge < -0.3 is 67.7 Å². The van der Waals surface area contributed by atoms with Gasteiger partial charge in [-0.25, -0.2) is 0 Å². The van der Waals surface area contributed by atoms with Crippen molar-refractivity contribution in [2.75, 3.05) is 51.0 Å². The van der Waals surface area contributed by atoms with E-state index in [1.165, 1.54) is 50.6 Å². The normalized spacial score (nSPS) is 15.5. The first-order valence-electron chi connectivity index (χ1n) is 26.6. The predicted molar refractivity (Wildman–Crippen MR) is 268 cm³/mol. The highest BCUT2D eigenvalue weighted by molar-refractivity contribution is 9.09. The van der Waals surface area contributed by atoms with E-state index >= 15 is 0 Å². The number of aromatic nitrogens is 4. The van der Waals surface area contributed by atoms with Crippen molar-refractivity contribution in [2.24, 2.45) is 0 Å². The Balaban J connectivity index is 0.000000247. The molecule has 0 saturated carbocycles. The van der Waals surface area contributed by atoms with E-state index in [1.54, 1.807) is 38.5 Å². The molecule has 0 fully saturated rings. The Morgan fingerprint density at radius 2 is 1.17 bits per heavy atom. The molecule has 0 bridgehead atoms. The lowest BCUT2D eigenvalue weighted by Crippen LogP contribution is -2.15. The van der Waals surface area contributed by atoms with Crippen LogP contribution in [0.5, 0.6) is 51.7 Å². The van der Waals surface area contributed by atoms with E-state index in [9.17, 15) is 19.5 Å². The Hall–Kier alpha value is -7.14. The number of benzene rings is 2. The number of hydrogen-bond acceptors (Lipinski definition) is 19. The van der Waals surface area contributed by atoms with Crippen molar-refractivity contribution in [2.45, 2.75) is 53.5 Å². The van der Waals surface area contributed by atoms with Gasteiger partial charge in [0, 0.05) is 60.4 Å². The molecule has 386 valence electrons. The summed E-state index contributed by atoms with van der Waals surface area (Å²) >= 11 is 5.14. The first kappa shape index (κ1) is 41.5. The molecular weight excluding hydrogens is 1070 g/mol. The number of carbonyl (C=O) groups excluding carboxylic acids is 2. The van der Waals surface area contributed by atoms with Crippen LogP contribution in [-0.2, 0) is 58.7 Å². The van der Waals surface area contributed by atoms with E-state index in [0.717, 1.165) is 29.1 Å². The summed E-state index contributed by atoms with van der Waals surface area (Å²) in [5.41, 5.74) is 2.73. The topological polar surface area (TPSA) is 259 Å². The predicted octanol–water partition coefficient (Wildman–Crippen LogP) is 6.93. The zero-order valence-electron chi connectivity index (χ0n) is 50.7. The van der Waals surface area contributed by atoms with Crippen LogP contribution in [-0.4, -0.2) is 98.2 Å². The van der Waals surface area contributed by atoms with E-state index in [2.05, 4.69) is 51.8 Å². The number of alkyl halides is 2. The van der Waals surface area contributed by atoms with Crippen LogP contribution in [0.2, 0.25) is 0 Å². The number of aliphatic hydroxyl groups excluding tert-OH is 2. The minimum absolute atomic E-state index is 0.0114. The van der Waals surface area contributed by atoms with Gasteiger partial charge in [-0.3, -0.25) is 29.3 Å². The molecule has 1 aliphatic heterocycles. The van der Waals surface area contributed by atoms with Crippen molar-refractivity contribution >= 4 is 43.8 Å². The van der Waals surface area contributed by atoms with E-state index in [4.69, 9.17) is 74.0 Å². The Kier molecular flexibility index (Phi) is 18.4. The third kappa shape index (κ3) is 20.7. The summed E-state index contributed by atoms with van der Waals surface area (Å²) in [4.78, 5) is 48.0. The summed E-state index contributed by atoms with van der Waals surface area (Å²) < 4.78 is 140. The first-order valence-corrected chi connectivity index (χ1v) is 22.2. The van der Waals surface area contributed by atoms with Crippen LogP contribution in [0.1, 0.15) is 64.2 Å². The molecule has 0 aliphatic carbocycles. The van der Waals surface area contributed by atoms with E-state index in [0.29, 0.717) is 17.1 Å². The molecule has 0 atom stereocenters. The minimum atomic E-state index is -2.72. The highest BCUT2D eigenvalue weighted by Crippen LogP contribution is 2.30. The van der Waals surface area contributed by atoms with Crippen molar-refractivity contribution in [1.29, 1.82) is 0 Å². The molecule has 22 heteroatoms. The second kappa shape index (κ2) is 32.0. The second-order valence-electron chi connectivity index (χ2n) is 13.7. The maximum Gasteiger partial charge on any atom is 0.303 e. The van der Waals surface area contributed by atoms with Gasteiger partial charge in [-0.2, -0.15) is 0 Å². The smallest absolute Gasteiger partial charge is 0.303 e. The number of esters is 2. The monoisotopic (exact) mass is 1140 g/mol. The lowest BCUT2D eigenvalue weighted by molar-refractivity contribution is -0.143. The van der Waals surface area contributed by atoms with Crippen molar-refractivity contribution in [1.82, 2.24) is 19.9 Å². The maximum absolute atomic E-state index is 11.9. The minimum Gasteiger partial charge on any atom is -0.503 e. The van der Waals surface area contributed by atoms with Gasteiger partial charge in [0.1, 0.15) is 51.0 Å². The molecule has 4 aromatic heterocycles. The molecule has 6 aromatic rings. The van der Waals surface area contributed by atoms with Gasteiger partial charge in [0.05, 0.1) is 92.9 Å². The summed E-state index contributed by atoms with van der Waals surface area (Å²) in [6.45, 7) is -8.44. The largest absolute Gasteiger partial charge is 0.503 e. The summed E-state index contributed by atoms with van der Waals surface area (Å²) in [6.07, 6.45) is 4.94. The van der Waals surface area contributed by atoms with Crippen molar-refractivity contribution in [3.8, 4) is 51.7 Å². The molecule has 7 rings (SSSR count). The number of nitrogens with zero attached hydrogens (tertiary/aromatic N) is 3. The Morgan fingerprint density at radius 1 is 0.653 bits per heavy atom. The van der Waals surface area contributed by atoms with Gasteiger partial charge in [0.2, 0.25) is 5.43 Å². The number of ether oxygens (including phenoxy) is 10. The van der Waals surface area contributed by atoms with Crippen molar-refractivity contribution in [3.63, 3.8) is 0 Å². The highest BCUT2D eigenvalue weighted by atomic mass is 79.9. The SMILES string of the molecule is COc1ccc(COc2c[nH]c(COC(C)=O)cc2=O)cc1.[2H]C([2H])(Br)C([2H])([2H])Oc1cc(CO)ncc1O.[2H]C([2H])(Br)C([2H])([2H])Oc1cc(COC(C)=O)ncc1OCc1ccc(OC)cc1.[2H]C1([2H])Oc2cnc(CO)cc2OC1([2H])[2H]. The molecular formula is C50H56Br2N4O16. The third-order valence-corrected chi connectivity index (χ3v) is 8.99. The van der Waals surface area contributed by atoms with Crippen molar-refractivity contribution < 1.29 is 88.7 Å². The van der Waals surface area contributed by atoms with Gasteiger partial charge in [-0.05, 0) is 35.4 Å². The number of carbonyl (C=O) groups is 2. The average Bonchev–Trinajstić information content (AvgIpc) is 3.04. The number of nitrogens with one attached hydrogen (secondary N) is 1. The molecule has 72 heavy (non-hydrogen) atoms. The lowest BCUT2D eigenvalue weighted by atomic mass is 10.2. The number of aliphatic hydroxyl groups is 2. The van der Waals surface area contributed by atoms with Crippen LogP contribution in [0.25, 0.3) is 0 Å². The average molecular weight is 1140 g/mol. The van der Waals surface area contributed by atoms with Gasteiger partial charge in [0.15, 0.2) is 40.2 Å². The number of fused-ring (bicyclic) bond motifs is 1. The molecule has 20 nitrogen and oxygen atoms in total. The molecule has 0 saturated heterocycles. The Labute approximate surface area is 449 Å².